The molecular formula is C11H17ClN2O2. The Morgan fingerprint density at radius 2 is 2.12 bits per heavy atom. The van der Waals surface area contributed by atoms with Gasteiger partial charge in [-0.1, -0.05) is 0 Å². The fourth-order valence-electron chi connectivity index (χ4n) is 1.98. The van der Waals surface area contributed by atoms with Crippen LogP contribution in [-0.2, 0) is 17.6 Å². The second-order valence-electron chi connectivity index (χ2n) is 4.30. The smallest absolute Gasteiger partial charge is 0.219 e. The third-order valence-electron chi connectivity index (χ3n) is 3.20. The van der Waals surface area contributed by atoms with Crippen molar-refractivity contribution in [3.05, 3.63) is 11.8 Å². The zero-order valence-electron chi connectivity index (χ0n) is 9.54. The van der Waals surface area contributed by atoms with Gasteiger partial charge in [0.2, 0.25) is 11.8 Å². The van der Waals surface area contributed by atoms with Crippen LogP contribution in [0.15, 0.2) is 4.42 Å². The van der Waals surface area contributed by atoms with Gasteiger partial charge in [0, 0.05) is 19.4 Å². The number of hydrogen-bond donors (Lipinski definition) is 0. The van der Waals surface area contributed by atoms with Crippen molar-refractivity contribution in [3.63, 3.8) is 0 Å². The molecule has 0 spiro atoms. The summed E-state index contributed by atoms with van der Waals surface area (Å²) in [6.45, 7) is 0. The monoisotopic (exact) mass is 244 g/mol. The number of nitrogens with zero attached hydrogens (tertiary/aromatic N) is 2. The van der Waals surface area contributed by atoms with Gasteiger partial charge in [-0.25, -0.2) is 0 Å². The molecule has 1 aliphatic rings. The first-order chi connectivity index (χ1) is 7.78. The predicted octanol–water partition coefficient (Wildman–Crippen LogP) is 2.35. The van der Waals surface area contributed by atoms with E-state index in [1.807, 2.05) is 0 Å². The standard InChI is InChI=1S/C11H17ClN2O2/c1-15-11(5-3-6-11)8-10-14-13-9(16-10)4-2-7-12/h2-8H2,1H3. The van der Waals surface area contributed by atoms with Crippen LogP contribution in [0.25, 0.3) is 0 Å². The molecule has 0 N–H and O–H groups in total. The maximum atomic E-state index is 5.61. The lowest BCUT2D eigenvalue weighted by Crippen LogP contribution is -2.41. The Bertz CT molecular complexity index is 331. The van der Waals surface area contributed by atoms with Crippen LogP contribution in [0.2, 0.25) is 0 Å². The van der Waals surface area contributed by atoms with Crippen LogP contribution < -0.4 is 0 Å². The van der Waals surface area contributed by atoms with Gasteiger partial charge in [0.05, 0.1) is 12.0 Å². The van der Waals surface area contributed by atoms with Crippen molar-refractivity contribution >= 4 is 11.6 Å². The van der Waals surface area contributed by atoms with Gasteiger partial charge in [-0.3, -0.25) is 0 Å². The quantitative estimate of drug-likeness (QED) is 0.721. The minimum atomic E-state index is -0.0453. The Kier molecular flexibility index (Phi) is 3.82. The molecule has 1 saturated carbocycles. The van der Waals surface area contributed by atoms with E-state index < -0.39 is 0 Å². The average molecular weight is 245 g/mol. The van der Waals surface area contributed by atoms with Gasteiger partial charge in [0.15, 0.2) is 0 Å². The second kappa shape index (κ2) is 5.15. The summed E-state index contributed by atoms with van der Waals surface area (Å²) < 4.78 is 11.1. The van der Waals surface area contributed by atoms with E-state index in [0.29, 0.717) is 17.7 Å². The summed E-state index contributed by atoms with van der Waals surface area (Å²) in [5, 5.41) is 8.04. The van der Waals surface area contributed by atoms with Crippen LogP contribution in [0.5, 0.6) is 0 Å². The van der Waals surface area contributed by atoms with E-state index in [0.717, 1.165) is 32.1 Å². The Morgan fingerprint density at radius 3 is 2.69 bits per heavy atom. The van der Waals surface area contributed by atoms with Gasteiger partial charge in [0.1, 0.15) is 0 Å². The van der Waals surface area contributed by atoms with Crippen LogP contribution in [0, 0.1) is 0 Å². The Labute approximate surface area is 100 Å². The lowest BCUT2D eigenvalue weighted by Gasteiger charge is -2.39. The number of hydrogen-bond acceptors (Lipinski definition) is 4. The molecular weight excluding hydrogens is 228 g/mol. The molecule has 4 nitrogen and oxygen atoms in total. The van der Waals surface area contributed by atoms with E-state index in [2.05, 4.69) is 10.2 Å². The van der Waals surface area contributed by atoms with E-state index in [4.69, 9.17) is 20.8 Å². The van der Waals surface area contributed by atoms with Crippen LogP contribution in [0.3, 0.4) is 0 Å². The Hall–Kier alpha value is -0.610. The fraction of sp³-hybridized carbons (Fsp3) is 0.818. The molecule has 90 valence electrons. The summed E-state index contributed by atoms with van der Waals surface area (Å²) in [6, 6.07) is 0. The van der Waals surface area contributed by atoms with Gasteiger partial charge >= 0.3 is 0 Å². The van der Waals surface area contributed by atoms with Gasteiger partial charge in [0.25, 0.3) is 0 Å². The minimum absolute atomic E-state index is 0.0453. The van der Waals surface area contributed by atoms with Crippen molar-refractivity contribution in [1.29, 1.82) is 0 Å². The molecule has 0 bridgehead atoms. The molecule has 2 rings (SSSR count). The molecule has 5 heteroatoms. The van der Waals surface area contributed by atoms with Crippen molar-refractivity contribution in [3.8, 4) is 0 Å². The first-order valence-corrected chi connectivity index (χ1v) is 6.24. The van der Waals surface area contributed by atoms with E-state index in [1.165, 1.54) is 6.42 Å². The average Bonchev–Trinajstić information content (AvgIpc) is 2.68. The SMILES string of the molecule is COC1(Cc2nnc(CCCCl)o2)CCC1. The van der Waals surface area contributed by atoms with Crippen molar-refractivity contribution in [2.24, 2.45) is 0 Å². The molecule has 1 aromatic heterocycles. The summed E-state index contributed by atoms with van der Waals surface area (Å²) in [6.07, 6.45) is 5.76. The van der Waals surface area contributed by atoms with E-state index in [-0.39, 0.29) is 5.60 Å². The Morgan fingerprint density at radius 1 is 1.38 bits per heavy atom. The fourth-order valence-corrected chi connectivity index (χ4v) is 2.11. The molecule has 0 aliphatic heterocycles. The third kappa shape index (κ3) is 2.55. The van der Waals surface area contributed by atoms with E-state index in [9.17, 15) is 0 Å². The molecule has 0 saturated heterocycles. The summed E-state index contributed by atoms with van der Waals surface area (Å²) in [5.41, 5.74) is -0.0453. The predicted molar refractivity (Wildman–Crippen MR) is 60.6 cm³/mol. The normalized spacial score (nSPS) is 18.4. The molecule has 1 aliphatic carbocycles. The highest BCUT2D eigenvalue weighted by molar-refractivity contribution is 6.17. The number of halogens is 1. The molecule has 1 fully saturated rings. The third-order valence-corrected chi connectivity index (χ3v) is 3.47. The molecule has 1 aromatic rings. The van der Waals surface area contributed by atoms with Crippen molar-refractivity contribution in [1.82, 2.24) is 10.2 Å². The summed E-state index contributed by atoms with van der Waals surface area (Å²) >= 11 is 5.61. The zero-order valence-corrected chi connectivity index (χ0v) is 10.3. The maximum Gasteiger partial charge on any atom is 0.219 e. The van der Waals surface area contributed by atoms with Gasteiger partial charge in [-0.2, -0.15) is 0 Å². The number of aromatic nitrogens is 2. The van der Waals surface area contributed by atoms with Crippen molar-refractivity contribution < 1.29 is 9.15 Å². The van der Waals surface area contributed by atoms with E-state index >= 15 is 0 Å². The molecule has 1 heterocycles. The highest BCUT2D eigenvalue weighted by Crippen LogP contribution is 2.37. The highest BCUT2D eigenvalue weighted by Gasteiger charge is 2.38. The highest BCUT2D eigenvalue weighted by atomic mass is 35.5. The first-order valence-electron chi connectivity index (χ1n) is 5.70. The zero-order chi connectivity index (χ0) is 11.4. The van der Waals surface area contributed by atoms with Crippen LogP contribution in [0.4, 0.5) is 0 Å². The number of ether oxygens (including phenoxy) is 1. The second-order valence-corrected chi connectivity index (χ2v) is 4.68. The van der Waals surface area contributed by atoms with Crippen LogP contribution in [0.1, 0.15) is 37.5 Å². The van der Waals surface area contributed by atoms with E-state index in [1.54, 1.807) is 7.11 Å². The molecule has 0 radical (unpaired) electrons. The topological polar surface area (TPSA) is 48.2 Å². The summed E-state index contributed by atoms with van der Waals surface area (Å²) in [5.74, 6) is 1.99. The Balaban J connectivity index is 1.91. The first kappa shape index (κ1) is 11.9. The molecule has 0 aromatic carbocycles. The number of alkyl halides is 1. The minimum Gasteiger partial charge on any atom is -0.425 e. The van der Waals surface area contributed by atoms with Crippen molar-refractivity contribution in [2.75, 3.05) is 13.0 Å². The molecule has 0 atom stereocenters. The molecule has 0 unspecified atom stereocenters. The van der Waals surface area contributed by atoms with Gasteiger partial charge in [-0.05, 0) is 25.7 Å². The molecule has 0 amide bonds. The largest absolute Gasteiger partial charge is 0.425 e. The lowest BCUT2D eigenvalue weighted by molar-refractivity contribution is -0.0746. The van der Waals surface area contributed by atoms with Crippen LogP contribution in [-0.4, -0.2) is 28.8 Å². The van der Waals surface area contributed by atoms with Crippen molar-refractivity contribution in [2.45, 2.75) is 44.1 Å². The maximum absolute atomic E-state index is 5.61. The summed E-state index contributed by atoms with van der Waals surface area (Å²) in [7, 11) is 1.75. The number of aryl methyl sites for hydroxylation is 1. The summed E-state index contributed by atoms with van der Waals surface area (Å²) in [4.78, 5) is 0. The lowest BCUT2D eigenvalue weighted by atomic mass is 9.77. The van der Waals surface area contributed by atoms with Crippen LogP contribution >= 0.6 is 11.6 Å². The number of rotatable bonds is 6. The van der Waals surface area contributed by atoms with Gasteiger partial charge in [-0.15, -0.1) is 21.8 Å². The number of methoxy groups -OCH3 is 1. The van der Waals surface area contributed by atoms with Gasteiger partial charge < -0.3 is 9.15 Å². The molecule has 16 heavy (non-hydrogen) atoms.